The van der Waals surface area contributed by atoms with Gasteiger partial charge in [0.1, 0.15) is 11.8 Å². The van der Waals surface area contributed by atoms with Crippen LogP contribution in [-0.4, -0.2) is 45.3 Å². The van der Waals surface area contributed by atoms with Crippen LogP contribution in [0.2, 0.25) is 13.1 Å². The van der Waals surface area contributed by atoms with E-state index in [1.807, 2.05) is 0 Å². The standard InChI is InChI=1S/C22H30N4O2Si2/c1-22(2,21(27-29-3)28-30-4)9-12-26-14-16(15-7-5-6-8-19(15)26)17-13-18-20(25-17)24-11-10-23-18/h5-8,10-11,13-14,21H,9,12,29-30H2,1-4H3,(H,24,25). The normalized spacial score (nSPS) is 14.1. The highest BCUT2D eigenvalue weighted by Gasteiger charge is 2.30. The smallest absolute Gasteiger partial charge is 0.161 e. The quantitative estimate of drug-likeness (QED) is 0.320. The molecule has 0 spiro atoms. The topological polar surface area (TPSA) is 65.0 Å². The SMILES string of the molecule is C[SiH2]OC(O[SiH2]C)C(C)(C)CCn1cc(-c2cc3nccnc3[nH]2)c2ccccc21. The third-order valence-electron chi connectivity index (χ3n) is 5.61. The lowest BCUT2D eigenvalue weighted by Crippen LogP contribution is -2.36. The molecule has 0 atom stereocenters. The second-order valence-electron chi connectivity index (χ2n) is 8.21. The van der Waals surface area contributed by atoms with Crippen molar-refractivity contribution in [3.8, 4) is 11.3 Å². The molecule has 6 nitrogen and oxygen atoms in total. The maximum atomic E-state index is 6.05. The van der Waals surface area contributed by atoms with Gasteiger partial charge in [0.25, 0.3) is 0 Å². The van der Waals surface area contributed by atoms with E-state index < -0.39 is 19.5 Å². The molecule has 4 aromatic rings. The van der Waals surface area contributed by atoms with Crippen molar-refractivity contribution < 1.29 is 8.85 Å². The summed E-state index contributed by atoms with van der Waals surface area (Å²) < 4.78 is 14.5. The summed E-state index contributed by atoms with van der Waals surface area (Å²) >= 11 is 0. The van der Waals surface area contributed by atoms with Gasteiger partial charge in [-0.3, -0.25) is 4.98 Å². The zero-order chi connectivity index (χ0) is 21.1. The van der Waals surface area contributed by atoms with E-state index in [-0.39, 0.29) is 11.7 Å². The number of aromatic nitrogens is 4. The Hall–Kier alpha value is -2.27. The summed E-state index contributed by atoms with van der Waals surface area (Å²) in [6.45, 7) is 9.75. The third kappa shape index (κ3) is 4.13. The van der Waals surface area contributed by atoms with Crippen LogP contribution in [0.1, 0.15) is 20.3 Å². The van der Waals surface area contributed by atoms with Gasteiger partial charge in [-0.1, -0.05) is 45.1 Å². The lowest BCUT2D eigenvalue weighted by molar-refractivity contribution is -0.0832. The average molecular weight is 439 g/mol. The Labute approximate surface area is 181 Å². The summed E-state index contributed by atoms with van der Waals surface area (Å²) in [5.41, 5.74) is 5.12. The zero-order valence-electron chi connectivity index (χ0n) is 18.2. The minimum Gasteiger partial charge on any atom is -0.400 e. The first kappa shape index (κ1) is 21.0. The molecular weight excluding hydrogens is 408 g/mol. The fourth-order valence-electron chi connectivity index (χ4n) is 3.97. The van der Waals surface area contributed by atoms with Gasteiger partial charge in [-0.25, -0.2) is 4.98 Å². The van der Waals surface area contributed by atoms with Gasteiger partial charge >= 0.3 is 0 Å². The van der Waals surface area contributed by atoms with Gasteiger partial charge in [0, 0.05) is 47.0 Å². The first-order valence-corrected chi connectivity index (χ1v) is 14.6. The highest BCUT2D eigenvalue weighted by molar-refractivity contribution is 6.26. The molecule has 0 saturated carbocycles. The van der Waals surface area contributed by atoms with E-state index in [1.165, 1.54) is 16.5 Å². The Morgan fingerprint density at radius 1 is 1.10 bits per heavy atom. The summed E-state index contributed by atoms with van der Waals surface area (Å²) in [5.74, 6) is 0. The fraction of sp³-hybridized carbons (Fsp3) is 0.364. The molecule has 0 radical (unpaired) electrons. The van der Waals surface area contributed by atoms with E-state index in [4.69, 9.17) is 8.85 Å². The second-order valence-corrected chi connectivity index (χ2v) is 10.0. The number of nitrogens with zero attached hydrogens (tertiary/aromatic N) is 3. The van der Waals surface area contributed by atoms with Crippen LogP contribution < -0.4 is 0 Å². The van der Waals surface area contributed by atoms with Gasteiger partial charge in [0.2, 0.25) is 0 Å². The molecule has 3 aromatic heterocycles. The molecule has 158 valence electrons. The molecule has 3 heterocycles. The molecule has 0 bridgehead atoms. The largest absolute Gasteiger partial charge is 0.400 e. The number of hydrogen-bond donors (Lipinski definition) is 1. The van der Waals surface area contributed by atoms with Crippen molar-refractivity contribution in [1.82, 2.24) is 19.5 Å². The van der Waals surface area contributed by atoms with Crippen LogP contribution in [0.3, 0.4) is 0 Å². The molecule has 1 N–H and O–H groups in total. The van der Waals surface area contributed by atoms with Gasteiger partial charge in [-0.15, -0.1) is 0 Å². The van der Waals surface area contributed by atoms with Crippen molar-refractivity contribution in [3.63, 3.8) is 0 Å². The fourth-order valence-corrected chi connectivity index (χ4v) is 5.86. The van der Waals surface area contributed by atoms with Gasteiger partial charge < -0.3 is 18.4 Å². The number of hydrogen-bond acceptors (Lipinski definition) is 4. The zero-order valence-corrected chi connectivity index (χ0v) is 21.0. The van der Waals surface area contributed by atoms with Crippen molar-refractivity contribution in [3.05, 3.63) is 48.9 Å². The van der Waals surface area contributed by atoms with Crippen LogP contribution in [0, 0.1) is 5.41 Å². The van der Waals surface area contributed by atoms with E-state index in [0.29, 0.717) is 0 Å². The molecule has 1 aromatic carbocycles. The Morgan fingerprint density at radius 2 is 1.83 bits per heavy atom. The number of benzene rings is 1. The molecular formula is C22H30N4O2Si2. The summed E-state index contributed by atoms with van der Waals surface area (Å²) in [5, 5.41) is 1.23. The molecule has 0 saturated heterocycles. The van der Waals surface area contributed by atoms with E-state index in [1.54, 1.807) is 12.4 Å². The number of H-pyrrole nitrogens is 1. The minimum absolute atomic E-state index is 0.0352. The van der Waals surface area contributed by atoms with Crippen molar-refractivity contribution in [2.45, 2.75) is 46.2 Å². The number of rotatable bonds is 9. The molecule has 0 aliphatic rings. The number of fused-ring (bicyclic) bond motifs is 2. The Bertz CT molecular complexity index is 1100. The molecule has 0 aliphatic carbocycles. The van der Waals surface area contributed by atoms with Crippen LogP contribution >= 0.6 is 0 Å². The molecule has 0 fully saturated rings. The van der Waals surface area contributed by atoms with E-state index in [9.17, 15) is 0 Å². The van der Waals surface area contributed by atoms with E-state index in [2.05, 4.69) is 83.0 Å². The summed E-state index contributed by atoms with van der Waals surface area (Å²) in [7, 11) is -1.03. The van der Waals surface area contributed by atoms with Crippen LogP contribution in [0.15, 0.2) is 48.9 Å². The Kier molecular flexibility index (Phi) is 6.19. The van der Waals surface area contributed by atoms with Crippen molar-refractivity contribution in [2.75, 3.05) is 0 Å². The van der Waals surface area contributed by atoms with Crippen LogP contribution in [0.4, 0.5) is 0 Å². The van der Waals surface area contributed by atoms with Crippen molar-refractivity contribution >= 4 is 41.6 Å². The molecule has 8 heteroatoms. The van der Waals surface area contributed by atoms with Gasteiger partial charge in [0.05, 0.1) is 5.69 Å². The highest BCUT2D eigenvalue weighted by atomic mass is 28.2. The summed E-state index contributed by atoms with van der Waals surface area (Å²) in [6.07, 6.45) is 6.58. The summed E-state index contributed by atoms with van der Waals surface area (Å²) in [6, 6.07) is 10.6. The Balaban J connectivity index is 1.65. The molecule has 4 rings (SSSR count). The highest BCUT2D eigenvalue weighted by Crippen LogP contribution is 2.34. The number of para-hydroxylation sites is 1. The van der Waals surface area contributed by atoms with Crippen LogP contribution in [-0.2, 0) is 15.4 Å². The number of aromatic amines is 1. The first-order valence-electron chi connectivity index (χ1n) is 10.6. The van der Waals surface area contributed by atoms with Crippen molar-refractivity contribution in [2.24, 2.45) is 5.41 Å². The van der Waals surface area contributed by atoms with Crippen molar-refractivity contribution in [1.29, 1.82) is 0 Å². The lowest BCUT2D eigenvalue weighted by Gasteiger charge is -2.34. The second kappa shape index (κ2) is 8.85. The maximum absolute atomic E-state index is 6.05. The first-order chi connectivity index (χ1) is 14.5. The maximum Gasteiger partial charge on any atom is 0.161 e. The van der Waals surface area contributed by atoms with E-state index >= 15 is 0 Å². The molecule has 0 amide bonds. The van der Waals surface area contributed by atoms with Crippen LogP contribution in [0.5, 0.6) is 0 Å². The summed E-state index contributed by atoms with van der Waals surface area (Å²) in [4.78, 5) is 12.2. The molecule has 0 aliphatic heterocycles. The van der Waals surface area contributed by atoms with Crippen LogP contribution in [0.25, 0.3) is 33.3 Å². The molecule has 0 unspecified atom stereocenters. The Morgan fingerprint density at radius 3 is 2.57 bits per heavy atom. The van der Waals surface area contributed by atoms with Gasteiger partial charge in [-0.2, -0.15) is 0 Å². The lowest BCUT2D eigenvalue weighted by atomic mass is 9.88. The van der Waals surface area contributed by atoms with Gasteiger partial charge in [0.15, 0.2) is 25.2 Å². The monoisotopic (exact) mass is 438 g/mol. The minimum atomic E-state index is -0.516. The number of aryl methyl sites for hydroxylation is 1. The number of nitrogens with one attached hydrogen (secondary N) is 1. The third-order valence-corrected chi connectivity index (χ3v) is 6.88. The average Bonchev–Trinajstić information content (AvgIpc) is 3.33. The van der Waals surface area contributed by atoms with E-state index in [0.717, 1.165) is 29.8 Å². The van der Waals surface area contributed by atoms with Gasteiger partial charge in [-0.05, 0) is 18.6 Å². The predicted octanol–water partition coefficient (Wildman–Crippen LogP) is 3.62. The predicted molar refractivity (Wildman–Crippen MR) is 128 cm³/mol. The molecule has 30 heavy (non-hydrogen) atoms.